The van der Waals surface area contributed by atoms with Gasteiger partial charge in [0.2, 0.25) is 0 Å². The Morgan fingerprint density at radius 3 is 2.36 bits per heavy atom. The summed E-state index contributed by atoms with van der Waals surface area (Å²) in [5.74, 6) is 2.63. The summed E-state index contributed by atoms with van der Waals surface area (Å²) in [4.78, 5) is 36.9. The Labute approximate surface area is 191 Å². The van der Waals surface area contributed by atoms with E-state index in [1.165, 1.54) is 11.9 Å². The summed E-state index contributed by atoms with van der Waals surface area (Å²) in [5, 5.41) is 11.7. The smallest absolute Gasteiger partial charge is 0.407 e. The van der Waals surface area contributed by atoms with E-state index >= 15 is 0 Å². The molecule has 2 aromatic carbocycles. The number of ether oxygens (including phenoxy) is 2. The maximum absolute atomic E-state index is 12.2. The molecule has 0 radical (unpaired) electrons. The van der Waals surface area contributed by atoms with Gasteiger partial charge in [0, 0.05) is 13.0 Å². The molecule has 1 aliphatic heterocycles. The molecule has 2 amide bonds. The minimum absolute atomic E-state index is 0.0414. The van der Waals surface area contributed by atoms with Gasteiger partial charge in [0.1, 0.15) is 12.5 Å². The summed E-state index contributed by atoms with van der Waals surface area (Å²) in [6.07, 6.45) is -0.623. The zero-order chi connectivity index (χ0) is 23.4. The van der Waals surface area contributed by atoms with Crippen molar-refractivity contribution in [1.82, 2.24) is 10.2 Å². The van der Waals surface area contributed by atoms with Crippen LogP contribution in [-0.4, -0.2) is 67.4 Å². The molecule has 33 heavy (non-hydrogen) atoms. The van der Waals surface area contributed by atoms with Crippen LogP contribution in [0, 0.1) is 17.8 Å². The minimum Gasteiger partial charge on any atom is -0.481 e. The van der Waals surface area contributed by atoms with Crippen LogP contribution in [0.2, 0.25) is 0 Å². The zero-order valence-corrected chi connectivity index (χ0v) is 18.1. The van der Waals surface area contributed by atoms with Crippen molar-refractivity contribution in [2.24, 2.45) is 5.92 Å². The molecule has 1 aliphatic carbocycles. The number of nitrogens with zero attached hydrogens (tertiary/aromatic N) is 1. The molecule has 0 spiro atoms. The van der Waals surface area contributed by atoms with Crippen LogP contribution in [-0.2, 0) is 19.1 Å². The fourth-order valence-electron chi connectivity index (χ4n) is 4.28. The van der Waals surface area contributed by atoms with E-state index in [2.05, 4.69) is 29.3 Å². The van der Waals surface area contributed by atoms with Crippen LogP contribution >= 0.6 is 0 Å². The van der Waals surface area contributed by atoms with Crippen LogP contribution in [0.4, 0.5) is 4.79 Å². The first-order chi connectivity index (χ1) is 16.0. The van der Waals surface area contributed by atoms with Gasteiger partial charge in [-0.25, -0.2) is 4.79 Å². The topological polar surface area (TPSA) is 105 Å². The van der Waals surface area contributed by atoms with Crippen LogP contribution in [0.3, 0.4) is 0 Å². The van der Waals surface area contributed by atoms with Crippen molar-refractivity contribution in [3.05, 3.63) is 59.7 Å². The summed E-state index contributed by atoms with van der Waals surface area (Å²) in [7, 11) is 1.49. The highest BCUT2D eigenvalue weighted by Gasteiger charge is 2.38. The Morgan fingerprint density at radius 1 is 1.09 bits per heavy atom. The highest BCUT2D eigenvalue weighted by molar-refractivity contribution is 5.94. The number of hydrogen-bond acceptors (Lipinski definition) is 5. The number of nitrogens with one attached hydrogen (secondary N) is 1. The number of alkyl carbamates (subject to hydrolysis) is 1. The molecule has 2 aromatic rings. The highest BCUT2D eigenvalue weighted by Crippen LogP contribution is 2.44. The third-order valence-electron chi connectivity index (χ3n) is 6.05. The van der Waals surface area contributed by atoms with Crippen molar-refractivity contribution >= 4 is 18.0 Å². The first-order valence-electron chi connectivity index (χ1n) is 10.6. The lowest BCUT2D eigenvalue weighted by Crippen LogP contribution is -2.43. The van der Waals surface area contributed by atoms with Gasteiger partial charge in [-0.3, -0.25) is 9.59 Å². The van der Waals surface area contributed by atoms with Crippen molar-refractivity contribution in [2.75, 3.05) is 33.4 Å². The van der Waals surface area contributed by atoms with E-state index < -0.39 is 29.9 Å². The molecular formula is C25H24N2O6. The summed E-state index contributed by atoms with van der Waals surface area (Å²) < 4.78 is 10.6. The molecule has 2 N–H and O–H groups in total. The third kappa shape index (κ3) is 4.69. The van der Waals surface area contributed by atoms with Gasteiger partial charge in [-0.05, 0) is 28.2 Å². The van der Waals surface area contributed by atoms with Gasteiger partial charge >= 0.3 is 12.1 Å². The first kappa shape index (κ1) is 22.4. The second-order valence-corrected chi connectivity index (χ2v) is 7.95. The molecule has 1 saturated heterocycles. The molecule has 4 rings (SSSR count). The molecule has 8 heteroatoms. The average Bonchev–Trinajstić information content (AvgIpc) is 3.43. The van der Waals surface area contributed by atoms with Crippen LogP contribution < -0.4 is 5.32 Å². The Balaban J connectivity index is 1.28. The molecule has 170 valence electrons. The van der Waals surface area contributed by atoms with Gasteiger partial charge < -0.3 is 24.8 Å². The lowest BCUT2D eigenvalue weighted by atomic mass is 9.98. The van der Waals surface area contributed by atoms with Gasteiger partial charge in [-0.2, -0.15) is 0 Å². The molecule has 8 nitrogen and oxygen atoms in total. The summed E-state index contributed by atoms with van der Waals surface area (Å²) >= 11 is 0. The SMILES string of the molecule is CN(C(=O)C#CCNC(=O)OCC1c2ccccc2-c2ccccc21)C1COCC1C(=O)O. The fourth-order valence-corrected chi connectivity index (χ4v) is 4.28. The zero-order valence-electron chi connectivity index (χ0n) is 18.1. The Bertz CT molecular complexity index is 1090. The van der Waals surface area contributed by atoms with Gasteiger partial charge in [0.25, 0.3) is 5.91 Å². The van der Waals surface area contributed by atoms with E-state index in [1.807, 2.05) is 36.4 Å². The van der Waals surface area contributed by atoms with Crippen LogP contribution in [0.1, 0.15) is 17.0 Å². The van der Waals surface area contributed by atoms with Crippen molar-refractivity contribution in [2.45, 2.75) is 12.0 Å². The van der Waals surface area contributed by atoms with Gasteiger partial charge in [-0.15, -0.1) is 0 Å². The number of hydrogen-bond donors (Lipinski definition) is 2. The fraction of sp³-hybridized carbons (Fsp3) is 0.320. The van der Waals surface area contributed by atoms with Gasteiger partial charge in [-0.1, -0.05) is 54.5 Å². The number of carboxylic acid groups (broad SMARTS) is 1. The standard InChI is InChI=1S/C25H24N2O6/c1-27(22-15-32-13-21(22)24(29)30)23(28)11-6-12-26-25(31)33-14-20-18-9-4-2-7-16(18)17-8-3-5-10-19(17)20/h2-5,7-10,20-22H,12-15H2,1H3,(H,26,31)(H,29,30). The van der Waals surface area contributed by atoms with E-state index in [0.717, 1.165) is 22.3 Å². The molecule has 0 saturated carbocycles. The van der Waals surface area contributed by atoms with Crippen molar-refractivity contribution in [3.8, 4) is 23.0 Å². The molecule has 2 aliphatic rings. The first-order valence-corrected chi connectivity index (χ1v) is 10.6. The molecule has 0 aromatic heterocycles. The van der Waals surface area contributed by atoms with Gasteiger partial charge in [0.05, 0.1) is 25.8 Å². The summed E-state index contributed by atoms with van der Waals surface area (Å²) in [6, 6.07) is 15.6. The molecule has 1 heterocycles. The molecule has 1 fully saturated rings. The lowest BCUT2D eigenvalue weighted by Gasteiger charge is -2.24. The van der Waals surface area contributed by atoms with E-state index in [4.69, 9.17) is 9.47 Å². The van der Waals surface area contributed by atoms with E-state index in [1.54, 1.807) is 0 Å². The number of rotatable bonds is 5. The van der Waals surface area contributed by atoms with E-state index in [-0.39, 0.29) is 32.3 Å². The van der Waals surface area contributed by atoms with Crippen molar-refractivity contribution in [3.63, 3.8) is 0 Å². The number of amides is 2. The second kappa shape index (κ2) is 9.76. The Morgan fingerprint density at radius 2 is 1.73 bits per heavy atom. The lowest BCUT2D eigenvalue weighted by molar-refractivity contribution is -0.143. The predicted molar refractivity (Wildman–Crippen MR) is 119 cm³/mol. The van der Waals surface area contributed by atoms with Crippen LogP contribution in [0.15, 0.2) is 48.5 Å². The third-order valence-corrected chi connectivity index (χ3v) is 6.05. The van der Waals surface area contributed by atoms with E-state index in [9.17, 15) is 19.5 Å². The number of aliphatic carboxylic acids is 1. The summed E-state index contributed by atoms with van der Waals surface area (Å²) in [5.41, 5.74) is 4.53. The van der Waals surface area contributed by atoms with Crippen LogP contribution in [0.25, 0.3) is 11.1 Å². The Hall–Kier alpha value is -3.83. The van der Waals surface area contributed by atoms with Crippen molar-refractivity contribution < 1.29 is 29.0 Å². The number of carbonyl (C=O) groups is 3. The largest absolute Gasteiger partial charge is 0.481 e. The summed E-state index contributed by atoms with van der Waals surface area (Å²) in [6.45, 7) is 0.334. The average molecular weight is 448 g/mol. The van der Waals surface area contributed by atoms with Crippen LogP contribution in [0.5, 0.6) is 0 Å². The van der Waals surface area contributed by atoms with E-state index in [0.29, 0.717) is 0 Å². The maximum Gasteiger partial charge on any atom is 0.407 e. The Kier molecular flexibility index (Phi) is 6.61. The normalized spacial score (nSPS) is 18.5. The molecule has 2 unspecified atom stereocenters. The molecule has 2 atom stereocenters. The number of benzene rings is 2. The second-order valence-electron chi connectivity index (χ2n) is 7.95. The highest BCUT2D eigenvalue weighted by atomic mass is 16.5. The van der Waals surface area contributed by atoms with Crippen molar-refractivity contribution in [1.29, 1.82) is 0 Å². The number of likely N-dealkylation sites (N-methyl/N-ethyl adjacent to an activating group) is 1. The molecular weight excluding hydrogens is 424 g/mol. The quantitative estimate of drug-likeness (QED) is 0.679. The van der Waals surface area contributed by atoms with Gasteiger partial charge in [0.15, 0.2) is 0 Å². The maximum atomic E-state index is 12.2. The predicted octanol–water partition coefficient (Wildman–Crippen LogP) is 2.09. The molecule has 0 bridgehead atoms. The number of carbonyl (C=O) groups excluding carboxylic acids is 2. The number of carboxylic acids is 1. The minimum atomic E-state index is -1.01. The monoisotopic (exact) mass is 448 g/mol. The number of fused-ring (bicyclic) bond motifs is 3.